The maximum atomic E-state index is 12.0. The lowest BCUT2D eigenvalue weighted by Gasteiger charge is -2.01. The second kappa shape index (κ2) is 6.68. The summed E-state index contributed by atoms with van der Waals surface area (Å²) in [6.45, 7) is 1.32. The molecule has 0 aromatic heterocycles. The van der Waals surface area contributed by atoms with Gasteiger partial charge in [-0.05, 0) is 42.0 Å². The minimum Gasteiger partial charge on any atom is -0.427 e. The Bertz CT molecular complexity index is 886. The third kappa shape index (κ3) is 3.70. The van der Waals surface area contributed by atoms with E-state index in [4.69, 9.17) is 21.1 Å². The number of nitrogens with zero attached hydrogens (tertiary/aromatic N) is 1. The van der Waals surface area contributed by atoms with Crippen molar-refractivity contribution in [3.8, 4) is 5.75 Å². The molecule has 3 rings (SSSR count). The van der Waals surface area contributed by atoms with Crippen molar-refractivity contribution in [3.05, 3.63) is 70.4 Å². The van der Waals surface area contributed by atoms with Gasteiger partial charge in [-0.15, -0.1) is 0 Å². The number of halogens is 1. The molecule has 1 heterocycles. The van der Waals surface area contributed by atoms with E-state index in [2.05, 4.69) is 4.99 Å². The van der Waals surface area contributed by atoms with Gasteiger partial charge in [-0.1, -0.05) is 29.8 Å². The lowest BCUT2D eigenvalue weighted by Crippen LogP contribution is -2.05. The normalized spacial score (nSPS) is 15.2. The summed E-state index contributed by atoms with van der Waals surface area (Å²) in [5.41, 5.74) is 1.44. The van der Waals surface area contributed by atoms with E-state index in [-0.39, 0.29) is 11.6 Å². The quantitative estimate of drug-likeness (QED) is 0.486. The molecule has 1 aliphatic heterocycles. The second-order valence-electron chi connectivity index (χ2n) is 5.01. The molecule has 0 atom stereocenters. The maximum absolute atomic E-state index is 12.0. The van der Waals surface area contributed by atoms with Crippen molar-refractivity contribution in [2.45, 2.75) is 6.92 Å². The van der Waals surface area contributed by atoms with Crippen molar-refractivity contribution in [2.24, 2.45) is 4.99 Å². The molecule has 0 saturated carbocycles. The summed E-state index contributed by atoms with van der Waals surface area (Å²) in [7, 11) is 0. The fourth-order valence-corrected chi connectivity index (χ4v) is 2.34. The minimum atomic E-state index is -0.553. The Hall–Kier alpha value is -2.92. The molecule has 120 valence electrons. The number of cyclic esters (lactones) is 1. The van der Waals surface area contributed by atoms with Gasteiger partial charge in [-0.3, -0.25) is 4.79 Å². The van der Waals surface area contributed by atoms with Crippen LogP contribution in [0.25, 0.3) is 6.08 Å². The van der Waals surface area contributed by atoms with E-state index >= 15 is 0 Å². The highest BCUT2D eigenvalue weighted by Gasteiger charge is 2.24. The summed E-state index contributed by atoms with van der Waals surface area (Å²) in [6, 6.07) is 13.6. The number of aliphatic imine (C=N–C) groups is 1. The zero-order valence-electron chi connectivity index (χ0n) is 12.7. The molecule has 0 radical (unpaired) electrons. The number of esters is 2. The zero-order valence-corrected chi connectivity index (χ0v) is 13.4. The molecule has 0 unspecified atom stereocenters. The van der Waals surface area contributed by atoms with Gasteiger partial charge in [0.25, 0.3) is 0 Å². The van der Waals surface area contributed by atoms with E-state index in [9.17, 15) is 9.59 Å². The number of ether oxygens (including phenoxy) is 2. The van der Waals surface area contributed by atoms with E-state index in [0.29, 0.717) is 21.9 Å². The van der Waals surface area contributed by atoms with Crippen LogP contribution in [0.5, 0.6) is 5.75 Å². The van der Waals surface area contributed by atoms with E-state index in [1.807, 2.05) is 0 Å². The Balaban J connectivity index is 1.90. The number of rotatable bonds is 3. The van der Waals surface area contributed by atoms with Gasteiger partial charge in [0.15, 0.2) is 5.70 Å². The number of benzene rings is 2. The lowest BCUT2D eigenvalue weighted by molar-refractivity contribution is -0.132. The SMILES string of the molecule is CC(=O)Oc1cccc(/C=C2\N=C(c3cccc(Cl)c3)OC2=O)c1. The molecule has 5 nitrogen and oxygen atoms in total. The molecule has 2 aromatic carbocycles. The fraction of sp³-hybridized carbons (Fsp3) is 0.0556. The molecule has 0 bridgehead atoms. The van der Waals surface area contributed by atoms with Crippen LogP contribution in [0.1, 0.15) is 18.1 Å². The highest BCUT2D eigenvalue weighted by molar-refractivity contribution is 6.31. The van der Waals surface area contributed by atoms with Gasteiger partial charge in [-0.2, -0.15) is 0 Å². The summed E-state index contributed by atoms with van der Waals surface area (Å²) in [4.78, 5) is 27.2. The van der Waals surface area contributed by atoms with Crippen LogP contribution in [-0.4, -0.2) is 17.8 Å². The Morgan fingerprint density at radius 3 is 2.75 bits per heavy atom. The first kappa shape index (κ1) is 16.0. The van der Waals surface area contributed by atoms with Crippen molar-refractivity contribution in [1.82, 2.24) is 0 Å². The molecule has 6 heteroatoms. The summed E-state index contributed by atoms with van der Waals surface area (Å²) < 4.78 is 10.2. The third-order valence-electron chi connectivity index (χ3n) is 3.12. The number of carbonyl (C=O) groups is 2. The molecule has 0 saturated heterocycles. The first-order valence-corrected chi connectivity index (χ1v) is 7.46. The van der Waals surface area contributed by atoms with Crippen LogP contribution in [0.2, 0.25) is 5.02 Å². The van der Waals surface area contributed by atoms with Gasteiger partial charge in [-0.25, -0.2) is 9.79 Å². The summed E-state index contributed by atoms with van der Waals surface area (Å²) in [6.07, 6.45) is 1.56. The number of carbonyl (C=O) groups excluding carboxylic acids is 2. The largest absolute Gasteiger partial charge is 0.427 e. The molecule has 0 spiro atoms. The first-order chi connectivity index (χ1) is 11.5. The van der Waals surface area contributed by atoms with Crippen LogP contribution in [0.4, 0.5) is 0 Å². The monoisotopic (exact) mass is 341 g/mol. The predicted octanol–water partition coefficient (Wildman–Crippen LogP) is 3.61. The standard InChI is InChI=1S/C18H12ClNO4/c1-11(21)23-15-7-2-4-12(8-15)9-16-18(22)24-17(20-16)13-5-3-6-14(19)10-13/h2-10H,1H3/b16-9-. The molecular weight excluding hydrogens is 330 g/mol. The molecule has 2 aromatic rings. The van der Waals surface area contributed by atoms with Crippen LogP contribution in [0, 0.1) is 0 Å². The predicted molar refractivity (Wildman–Crippen MR) is 89.8 cm³/mol. The second-order valence-corrected chi connectivity index (χ2v) is 5.45. The van der Waals surface area contributed by atoms with E-state index < -0.39 is 11.9 Å². The van der Waals surface area contributed by atoms with Gasteiger partial charge >= 0.3 is 11.9 Å². The van der Waals surface area contributed by atoms with Gasteiger partial charge < -0.3 is 9.47 Å². The highest BCUT2D eigenvalue weighted by atomic mass is 35.5. The van der Waals surface area contributed by atoms with Crippen molar-refractivity contribution >= 4 is 35.5 Å². The number of hydrogen-bond acceptors (Lipinski definition) is 5. The van der Waals surface area contributed by atoms with Crippen molar-refractivity contribution in [3.63, 3.8) is 0 Å². The van der Waals surface area contributed by atoms with Crippen molar-refractivity contribution in [2.75, 3.05) is 0 Å². The van der Waals surface area contributed by atoms with Crippen LogP contribution >= 0.6 is 11.6 Å². The molecule has 0 aliphatic carbocycles. The Morgan fingerprint density at radius 2 is 2.00 bits per heavy atom. The lowest BCUT2D eigenvalue weighted by atomic mass is 10.2. The summed E-state index contributed by atoms with van der Waals surface area (Å²) >= 11 is 5.93. The van der Waals surface area contributed by atoms with Crippen LogP contribution < -0.4 is 4.74 Å². The maximum Gasteiger partial charge on any atom is 0.363 e. The molecular formula is C18H12ClNO4. The van der Waals surface area contributed by atoms with Gasteiger partial charge in [0.1, 0.15) is 5.75 Å². The third-order valence-corrected chi connectivity index (χ3v) is 3.35. The number of hydrogen-bond donors (Lipinski definition) is 0. The Kier molecular flexibility index (Phi) is 4.44. The molecule has 0 amide bonds. The van der Waals surface area contributed by atoms with Crippen LogP contribution in [0.15, 0.2) is 59.2 Å². The fourth-order valence-electron chi connectivity index (χ4n) is 2.15. The smallest absolute Gasteiger partial charge is 0.363 e. The van der Waals surface area contributed by atoms with E-state index in [1.165, 1.54) is 6.92 Å². The Labute approximate surface area is 143 Å². The molecule has 1 aliphatic rings. The van der Waals surface area contributed by atoms with Crippen molar-refractivity contribution in [1.29, 1.82) is 0 Å². The average molecular weight is 342 g/mol. The van der Waals surface area contributed by atoms with Gasteiger partial charge in [0.2, 0.25) is 5.90 Å². The van der Waals surface area contributed by atoms with Gasteiger partial charge in [0.05, 0.1) is 0 Å². The minimum absolute atomic E-state index is 0.157. The summed E-state index contributed by atoms with van der Waals surface area (Å²) in [5.74, 6) is -0.378. The zero-order chi connectivity index (χ0) is 17.1. The topological polar surface area (TPSA) is 65.0 Å². The van der Waals surface area contributed by atoms with E-state index in [1.54, 1.807) is 54.6 Å². The van der Waals surface area contributed by atoms with Crippen LogP contribution in [0.3, 0.4) is 0 Å². The average Bonchev–Trinajstić information content (AvgIpc) is 2.88. The molecule has 24 heavy (non-hydrogen) atoms. The molecule has 0 N–H and O–H groups in total. The van der Waals surface area contributed by atoms with Gasteiger partial charge in [0, 0.05) is 17.5 Å². The summed E-state index contributed by atoms with van der Waals surface area (Å²) in [5, 5.41) is 0.526. The first-order valence-electron chi connectivity index (χ1n) is 7.08. The Morgan fingerprint density at radius 1 is 1.21 bits per heavy atom. The van der Waals surface area contributed by atoms with Crippen LogP contribution in [-0.2, 0) is 14.3 Å². The molecule has 0 fully saturated rings. The van der Waals surface area contributed by atoms with Crippen molar-refractivity contribution < 1.29 is 19.1 Å². The van der Waals surface area contributed by atoms with E-state index in [0.717, 1.165) is 0 Å². The highest BCUT2D eigenvalue weighted by Crippen LogP contribution is 2.22.